The van der Waals surface area contributed by atoms with Gasteiger partial charge in [-0.05, 0) is 37.7 Å². The summed E-state index contributed by atoms with van der Waals surface area (Å²) in [5.41, 5.74) is 0. The highest BCUT2D eigenvalue weighted by atomic mass is 15.2. The van der Waals surface area contributed by atoms with Crippen molar-refractivity contribution in [1.29, 1.82) is 0 Å². The maximum absolute atomic E-state index is 4.70. The molecule has 1 aromatic heterocycles. The Morgan fingerprint density at radius 2 is 2.05 bits per heavy atom. The lowest BCUT2D eigenvalue weighted by Crippen LogP contribution is -2.35. The highest BCUT2D eigenvalue weighted by Crippen LogP contribution is 2.23. The standard InChI is InChI=1S/C15H24N4/c1-12-5-4-10-19(11-12)14-8-9-16-15(18-14)17-13-6-2-3-7-13/h8-9,12-13H,2-7,10-11H2,1H3,(H,16,17,18). The van der Waals surface area contributed by atoms with Crippen LogP contribution in [0.5, 0.6) is 0 Å². The Labute approximate surface area is 115 Å². The third kappa shape index (κ3) is 3.17. The molecule has 1 saturated heterocycles. The molecule has 2 fully saturated rings. The molecule has 1 atom stereocenters. The first-order chi connectivity index (χ1) is 9.31. The van der Waals surface area contributed by atoms with Crippen molar-refractivity contribution in [2.45, 2.75) is 51.5 Å². The quantitative estimate of drug-likeness (QED) is 0.907. The van der Waals surface area contributed by atoms with Crippen LogP contribution in [0.3, 0.4) is 0 Å². The fourth-order valence-corrected chi connectivity index (χ4v) is 3.25. The first kappa shape index (κ1) is 12.7. The van der Waals surface area contributed by atoms with E-state index in [2.05, 4.69) is 22.1 Å². The van der Waals surface area contributed by atoms with Gasteiger partial charge in [0.15, 0.2) is 0 Å². The van der Waals surface area contributed by atoms with Gasteiger partial charge in [-0.15, -0.1) is 0 Å². The lowest BCUT2D eigenvalue weighted by molar-refractivity contribution is 0.444. The second kappa shape index (κ2) is 5.76. The normalized spacial score (nSPS) is 24.7. The van der Waals surface area contributed by atoms with Crippen molar-refractivity contribution in [3.8, 4) is 0 Å². The van der Waals surface area contributed by atoms with E-state index < -0.39 is 0 Å². The molecule has 0 spiro atoms. The van der Waals surface area contributed by atoms with Gasteiger partial charge in [0.1, 0.15) is 5.82 Å². The van der Waals surface area contributed by atoms with E-state index in [0.717, 1.165) is 30.8 Å². The number of hydrogen-bond acceptors (Lipinski definition) is 4. The van der Waals surface area contributed by atoms with E-state index in [4.69, 9.17) is 4.98 Å². The summed E-state index contributed by atoms with van der Waals surface area (Å²) in [7, 11) is 0. The molecule has 1 aliphatic heterocycles. The van der Waals surface area contributed by atoms with E-state index >= 15 is 0 Å². The number of aromatic nitrogens is 2. The van der Waals surface area contributed by atoms with Crippen LogP contribution in [0.1, 0.15) is 45.4 Å². The predicted octanol–water partition coefficient (Wildman–Crippen LogP) is 3.07. The summed E-state index contributed by atoms with van der Waals surface area (Å²) in [5.74, 6) is 2.67. The van der Waals surface area contributed by atoms with Crippen molar-refractivity contribution in [2.75, 3.05) is 23.3 Å². The zero-order valence-electron chi connectivity index (χ0n) is 11.8. The van der Waals surface area contributed by atoms with E-state index in [9.17, 15) is 0 Å². The third-order valence-electron chi connectivity index (χ3n) is 4.31. The molecular formula is C15H24N4. The van der Waals surface area contributed by atoms with E-state index in [0.29, 0.717) is 6.04 Å². The second-order valence-corrected chi connectivity index (χ2v) is 6.06. The molecule has 1 aromatic rings. The molecule has 2 heterocycles. The van der Waals surface area contributed by atoms with Gasteiger partial charge in [-0.3, -0.25) is 0 Å². The molecule has 2 aliphatic rings. The molecule has 4 nitrogen and oxygen atoms in total. The SMILES string of the molecule is CC1CCCN(c2ccnc(NC3CCCC3)n2)C1. The Hall–Kier alpha value is -1.32. The first-order valence-corrected chi connectivity index (χ1v) is 7.66. The number of rotatable bonds is 3. The Morgan fingerprint density at radius 1 is 1.21 bits per heavy atom. The van der Waals surface area contributed by atoms with Gasteiger partial charge >= 0.3 is 0 Å². The van der Waals surface area contributed by atoms with Crippen LogP contribution in [0, 0.1) is 5.92 Å². The molecule has 104 valence electrons. The minimum Gasteiger partial charge on any atom is -0.356 e. The van der Waals surface area contributed by atoms with Crippen LogP contribution < -0.4 is 10.2 Å². The molecule has 1 N–H and O–H groups in total. The average molecular weight is 260 g/mol. The first-order valence-electron chi connectivity index (χ1n) is 7.66. The molecule has 4 heteroatoms. The Morgan fingerprint density at radius 3 is 2.84 bits per heavy atom. The van der Waals surface area contributed by atoms with Gasteiger partial charge in [0, 0.05) is 25.3 Å². The number of hydrogen-bond donors (Lipinski definition) is 1. The smallest absolute Gasteiger partial charge is 0.224 e. The summed E-state index contributed by atoms with van der Waals surface area (Å²) in [6, 6.07) is 2.62. The molecule has 0 aromatic carbocycles. The predicted molar refractivity (Wildman–Crippen MR) is 78.5 cm³/mol. The van der Waals surface area contributed by atoms with Crippen LogP contribution in [0.4, 0.5) is 11.8 Å². The fraction of sp³-hybridized carbons (Fsp3) is 0.733. The summed E-state index contributed by atoms with van der Waals surface area (Å²) in [6.07, 6.45) is 9.69. The summed E-state index contributed by atoms with van der Waals surface area (Å²) < 4.78 is 0. The van der Waals surface area contributed by atoms with Gasteiger partial charge in [0.05, 0.1) is 0 Å². The van der Waals surface area contributed by atoms with Gasteiger partial charge in [-0.1, -0.05) is 19.8 Å². The van der Waals surface area contributed by atoms with Crippen LogP contribution in [0.15, 0.2) is 12.3 Å². The molecule has 1 unspecified atom stereocenters. The summed E-state index contributed by atoms with van der Waals surface area (Å²) in [5, 5.41) is 3.48. The monoisotopic (exact) mass is 260 g/mol. The lowest BCUT2D eigenvalue weighted by atomic mass is 10.0. The Bertz CT molecular complexity index is 414. The maximum atomic E-state index is 4.70. The zero-order valence-corrected chi connectivity index (χ0v) is 11.8. The average Bonchev–Trinajstić information content (AvgIpc) is 2.92. The largest absolute Gasteiger partial charge is 0.356 e. The van der Waals surface area contributed by atoms with Crippen molar-refractivity contribution < 1.29 is 0 Å². The van der Waals surface area contributed by atoms with Crippen LogP contribution >= 0.6 is 0 Å². The number of nitrogens with one attached hydrogen (secondary N) is 1. The molecule has 0 amide bonds. The van der Waals surface area contributed by atoms with Crippen LogP contribution in [-0.2, 0) is 0 Å². The van der Waals surface area contributed by atoms with Gasteiger partial charge in [-0.2, -0.15) is 4.98 Å². The van der Waals surface area contributed by atoms with Gasteiger partial charge in [0.25, 0.3) is 0 Å². The Kier molecular flexibility index (Phi) is 3.85. The second-order valence-electron chi connectivity index (χ2n) is 6.06. The van der Waals surface area contributed by atoms with Gasteiger partial charge < -0.3 is 10.2 Å². The number of nitrogens with zero attached hydrogens (tertiary/aromatic N) is 3. The van der Waals surface area contributed by atoms with Crippen LogP contribution in [0.25, 0.3) is 0 Å². The summed E-state index contributed by atoms with van der Waals surface area (Å²) >= 11 is 0. The van der Waals surface area contributed by atoms with Gasteiger partial charge in [-0.25, -0.2) is 4.98 Å². The highest BCUT2D eigenvalue weighted by Gasteiger charge is 2.19. The van der Waals surface area contributed by atoms with Crippen molar-refractivity contribution in [2.24, 2.45) is 5.92 Å². The van der Waals surface area contributed by atoms with Crippen molar-refractivity contribution in [1.82, 2.24) is 9.97 Å². The van der Waals surface area contributed by atoms with Gasteiger partial charge in [0.2, 0.25) is 5.95 Å². The fourth-order valence-electron chi connectivity index (χ4n) is 3.25. The van der Waals surface area contributed by atoms with Crippen molar-refractivity contribution in [3.63, 3.8) is 0 Å². The summed E-state index contributed by atoms with van der Waals surface area (Å²) in [4.78, 5) is 11.5. The molecule has 0 bridgehead atoms. The van der Waals surface area contributed by atoms with E-state index in [1.807, 2.05) is 12.3 Å². The van der Waals surface area contributed by atoms with Crippen molar-refractivity contribution >= 4 is 11.8 Å². The van der Waals surface area contributed by atoms with Crippen LogP contribution in [0.2, 0.25) is 0 Å². The van der Waals surface area contributed by atoms with Crippen LogP contribution in [-0.4, -0.2) is 29.1 Å². The molecule has 3 rings (SSSR count). The van der Waals surface area contributed by atoms with E-state index in [1.165, 1.54) is 38.5 Å². The van der Waals surface area contributed by atoms with E-state index in [-0.39, 0.29) is 0 Å². The topological polar surface area (TPSA) is 41.1 Å². The minimum atomic E-state index is 0.579. The Balaban J connectivity index is 1.68. The molecular weight excluding hydrogens is 236 g/mol. The third-order valence-corrected chi connectivity index (χ3v) is 4.31. The molecule has 1 saturated carbocycles. The number of anilines is 2. The molecule has 1 aliphatic carbocycles. The van der Waals surface area contributed by atoms with E-state index in [1.54, 1.807) is 0 Å². The summed E-state index contributed by atoms with van der Waals surface area (Å²) in [6.45, 7) is 4.58. The highest BCUT2D eigenvalue weighted by molar-refractivity contribution is 5.43. The van der Waals surface area contributed by atoms with Crippen molar-refractivity contribution in [3.05, 3.63) is 12.3 Å². The lowest BCUT2D eigenvalue weighted by Gasteiger charge is -2.31. The number of piperidine rings is 1. The minimum absolute atomic E-state index is 0.579. The molecule has 19 heavy (non-hydrogen) atoms. The maximum Gasteiger partial charge on any atom is 0.224 e. The molecule has 0 radical (unpaired) electrons. The zero-order chi connectivity index (χ0) is 13.1.